The molecule has 0 spiro atoms. The summed E-state index contributed by atoms with van der Waals surface area (Å²) in [4.78, 5) is 22.9. The molecule has 0 rings (SSSR count). The van der Waals surface area contributed by atoms with Crippen LogP contribution >= 0.6 is 0 Å². The van der Waals surface area contributed by atoms with E-state index in [1.54, 1.807) is 0 Å². The van der Waals surface area contributed by atoms with E-state index in [0.29, 0.717) is 17.4 Å². The topological polar surface area (TPSA) is 83.8 Å². The highest BCUT2D eigenvalue weighted by atomic mass is 16.5. The van der Waals surface area contributed by atoms with Crippen LogP contribution in [0.1, 0.15) is 71.1 Å². The van der Waals surface area contributed by atoms with Crippen LogP contribution in [-0.2, 0) is 14.3 Å². The van der Waals surface area contributed by atoms with Crippen molar-refractivity contribution in [1.82, 2.24) is 0 Å². The van der Waals surface area contributed by atoms with Crippen molar-refractivity contribution in [3.8, 4) is 0 Å². The van der Waals surface area contributed by atoms with Gasteiger partial charge in [-0.05, 0) is 32.1 Å². The molecule has 2 atom stereocenters. The summed E-state index contributed by atoms with van der Waals surface area (Å²) in [5, 5.41) is 19.0. The maximum Gasteiger partial charge on any atom is 0.308 e. The number of hydrogen-bond acceptors (Lipinski definition) is 4. The number of likely N-dealkylation sites (N-methyl/N-ethyl adjacent to an activating group) is 1. The number of ether oxygens (including phenoxy) is 1. The molecule has 0 radical (unpaired) electrons. The molecule has 158 valence electrons. The van der Waals surface area contributed by atoms with E-state index >= 15 is 0 Å². The molecule has 0 unspecified atom stereocenters. The standard InChI is InChI=1S/C21H39NO5/c1-5-6-7-8-9-10-11-12-13-14-18(23)15-21(26)27-19(16-20(24)25)17-22(2,3)4/h10-11,18-19,23H,5-9,12-17H2,1-4H3/p+1/b11-10-/t18-,19+/m0/s1. The quantitative estimate of drug-likeness (QED) is 0.183. The zero-order valence-corrected chi connectivity index (χ0v) is 17.7. The monoisotopic (exact) mass is 386 g/mol. The number of aliphatic carboxylic acids is 1. The van der Waals surface area contributed by atoms with Gasteiger partial charge in [-0.1, -0.05) is 38.3 Å². The van der Waals surface area contributed by atoms with E-state index in [1.165, 1.54) is 25.7 Å². The van der Waals surface area contributed by atoms with Crippen LogP contribution in [0.3, 0.4) is 0 Å². The normalized spacial score (nSPS) is 14.3. The Balaban J connectivity index is 4.03. The highest BCUT2D eigenvalue weighted by molar-refractivity contribution is 5.71. The Morgan fingerprint density at radius 1 is 1.00 bits per heavy atom. The van der Waals surface area contributed by atoms with Gasteiger partial charge in [0, 0.05) is 0 Å². The Morgan fingerprint density at radius 3 is 2.19 bits per heavy atom. The summed E-state index contributed by atoms with van der Waals surface area (Å²) in [7, 11) is 5.73. The number of carbonyl (C=O) groups excluding carboxylic acids is 1. The summed E-state index contributed by atoms with van der Waals surface area (Å²) in [6, 6.07) is 0. The molecule has 0 aliphatic rings. The maximum atomic E-state index is 12.0. The van der Waals surface area contributed by atoms with Gasteiger partial charge in [-0.2, -0.15) is 0 Å². The number of hydrogen-bond donors (Lipinski definition) is 2. The van der Waals surface area contributed by atoms with Crippen molar-refractivity contribution in [1.29, 1.82) is 0 Å². The zero-order chi connectivity index (χ0) is 20.7. The van der Waals surface area contributed by atoms with Crippen molar-refractivity contribution in [2.45, 2.75) is 83.3 Å². The van der Waals surface area contributed by atoms with Gasteiger partial charge in [-0.3, -0.25) is 9.59 Å². The lowest BCUT2D eigenvalue weighted by molar-refractivity contribution is -0.873. The molecule has 0 saturated heterocycles. The number of carbonyl (C=O) groups is 2. The molecule has 6 nitrogen and oxygen atoms in total. The Morgan fingerprint density at radius 2 is 1.63 bits per heavy atom. The van der Waals surface area contributed by atoms with Gasteiger partial charge in [0.25, 0.3) is 0 Å². The highest BCUT2D eigenvalue weighted by Gasteiger charge is 2.25. The number of quaternary nitrogens is 1. The number of aliphatic hydroxyl groups excluding tert-OH is 1. The van der Waals surface area contributed by atoms with Crippen LogP contribution in [0.4, 0.5) is 0 Å². The van der Waals surface area contributed by atoms with Gasteiger partial charge in [-0.25, -0.2) is 0 Å². The van der Waals surface area contributed by atoms with Crippen molar-refractivity contribution < 1.29 is 29.0 Å². The largest absolute Gasteiger partial charge is 0.481 e. The Labute approximate surface area is 164 Å². The van der Waals surface area contributed by atoms with E-state index in [4.69, 9.17) is 9.84 Å². The minimum atomic E-state index is -0.997. The number of unbranched alkanes of at least 4 members (excludes halogenated alkanes) is 5. The summed E-state index contributed by atoms with van der Waals surface area (Å²) in [5.41, 5.74) is 0. The van der Waals surface area contributed by atoms with E-state index in [0.717, 1.165) is 19.3 Å². The lowest BCUT2D eigenvalue weighted by Gasteiger charge is -2.28. The second-order valence-electron chi connectivity index (χ2n) is 8.29. The summed E-state index contributed by atoms with van der Waals surface area (Å²) in [5.74, 6) is -1.53. The van der Waals surface area contributed by atoms with Crippen LogP contribution < -0.4 is 0 Å². The van der Waals surface area contributed by atoms with Crippen molar-refractivity contribution in [2.75, 3.05) is 27.7 Å². The third kappa shape index (κ3) is 17.8. The Bertz CT molecular complexity index is 442. The lowest BCUT2D eigenvalue weighted by atomic mass is 10.1. The molecular weight excluding hydrogens is 346 g/mol. The van der Waals surface area contributed by atoms with Gasteiger partial charge in [0.2, 0.25) is 0 Å². The van der Waals surface area contributed by atoms with Crippen molar-refractivity contribution in [2.24, 2.45) is 0 Å². The first-order chi connectivity index (χ1) is 12.6. The molecule has 0 heterocycles. The number of allylic oxidation sites excluding steroid dienone is 2. The molecule has 0 bridgehead atoms. The van der Waals surface area contributed by atoms with Crippen LogP contribution in [0.25, 0.3) is 0 Å². The molecule has 0 aliphatic carbocycles. The number of esters is 1. The molecule has 6 heteroatoms. The molecule has 0 aromatic heterocycles. The van der Waals surface area contributed by atoms with E-state index in [2.05, 4.69) is 19.1 Å². The fraction of sp³-hybridized carbons (Fsp3) is 0.810. The van der Waals surface area contributed by atoms with Gasteiger partial charge >= 0.3 is 11.9 Å². The molecule has 2 N–H and O–H groups in total. The van der Waals surface area contributed by atoms with Crippen LogP contribution in [0.15, 0.2) is 12.2 Å². The average Bonchev–Trinajstić information content (AvgIpc) is 2.50. The first kappa shape index (κ1) is 25.6. The van der Waals surface area contributed by atoms with Gasteiger partial charge in [0.15, 0.2) is 6.10 Å². The van der Waals surface area contributed by atoms with E-state index in [1.807, 2.05) is 21.1 Å². The molecule has 0 fully saturated rings. The van der Waals surface area contributed by atoms with Gasteiger partial charge in [0.1, 0.15) is 6.54 Å². The van der Waals surface area contributed by atoms with E-state index in [9.17, 15) is 14.7 Å². The number of carboxylic acids is 1. The van der Waals surface area contributed by atoms with Crippen molar-refractivity contribution >= 4 is 11.9 Å². The SMILES string of the molecule is CCCCCC/C=C\CCC[C@H](O)CC(=O)O[C@H](CC(=O)O)C[N+](C)(C)C. The van der Waals surface area contributed by atoms with Crippen molar-refractivity contribution in [3.05, 3.63) is 12.2 Å². The number of nitrogens with zero attached hydrogens (tertiary/aromatic N) is 1. The fourth-order valence-electron chi connectivity index (χ4n) is 2.87. The number of aliphatic hydroxyl groups is 1. The molecule has 27 heavy (non-hydrogen) atoms. The molecule has 0 saturated carbocycles. The van der Waals surface area contributed by atoms with Crippen LogP contribution in [0, 0.1) is 0 Å². The minimum Gasteiger partial charge on any atom is -0.481 e. The molecule has 0 amide bonds. The highest BCUT2D eigenvalue weighted by Crippen LogP contribution is 2.11. The second-order valence-corrected chi connectivity index (χ2v) is 8.29. The summed E-state index contributed by atoms with van der Waals surface area (Å²) in [6.45, 7) is 2.62. The third-order valence-electron chi connectivity index (χ3n) is 4.15. The van der Waals surface area contributed by atoms with Crippen LogP contribution in [0.2, 0.25) is 0 Å². The first-order valence-electron chi connectivity index (χ1n) is 10.2. The lowest BCUT2D eigenvalue weighted by Crippen LogP contribution is -2.44. The first-order valence-corrected chi connectivity index (χ1v) is 10.2. The summed E-state index contributed by atoms with van der Waals surface area (Å²) < 4.78 is 5.79. The molecule has 0 aromatic carbocycles. The molecular formula is C21H40NO5+. The number of carboxylic acid groups (broad SMARTS) is 1. The average molecular weight is 387 g/mol. The Kier molecular flexibility index (Phi) is 13.9. The predicted octanol–water partition coefficient (Wildman–Crippen LogP) is 3.53. The van der Waals surface area contributed by atoms with Crippen LogP contribution in [0.5, 0.6) is 0 Å². The van der Waals surface area contributed by atoms with Gasteiger partial charge in [0.05, 0.1) is 40.1 Å². The minimum absolute atomic E-state index is 0.0893. The predicted molar refractivity (Wildman–Crippen MR) is 107 cm³/mol. The summed E-state index contributed by atoms with van der Waals surface area (Å²) in [6.07, 6.45) is 11.0. The zero-order valence-electron chi connectivity index (χ0n) is 17.7. The van der Waals surface area contributed by atoms with E-state index < -0.39 is 24.1 Å². The summed E-state index contributed by atoms with van der Waals surface area (Å²) >= 11 is 0. The maximum absolute atomic E-state index is 12.0. The van der Waals surface area contributed by atoms with E-state index in [-0.39, 0.29) is 12.8 Å². The van der Waals surface area contributed by atoms with Gasteiger partial charge in [-0.15, -0.1) is 0 Å². The van der Waals surface area contributed by atoms with Crippen molar-refractivity contribution in [3.63, 3.8) is 0 Å². The Hall–Kier alpha value is -1.40. The third-order valence-corrected chi connectivity index (χ3v) is 4.15. The fourth-order valence-corrected chi connectivity index (χ4v) is 2.87. The van der Waals surface area contributed by atoms with Crippen LogP contribution in [-0.4, -0.2) is 66.5 Å². The smallest absolute Gasteiger partial charge is 0.308 e. The second kappa shape index (κ2) is 14.6. The molecule has 0 aromatic rings. The van der Waals surface area contributed by atoms with Gasteiger partial charge < -0.3 is 19.4 Å². The number of rotatable bonds is 16. The molecule has 0 aliphatic heterocycles.